The molecule has 2 rings (SSSR count). The number of carboxylic acids is 1. The first kappa shape index (κ1) is 10.7. The van der Waals surface area contributed by atoms with E-state index in [4.69, 9.17) is 5.11 Å². The van der Waals surface area contributed by atoms with E-state index in [1.54, 1.807) is 11.1 Å². The number of carboxylic acid groups (broad SMARTS) is 1. The molecule has 0 saturated carbocycles. The highest BCUT2D eigenvalue weighted by atomic mass is 16.4. The van der Waals surface area contributed by atoms with Gasteiger partial charge >= 0.3 is 5.97 Å². The average Bonchev–Trinajstić information content (AvgIpc) is 2.84. The number of hydrogen-bond acceptors (Lipinski definition) is 3. The van der Waals surface area contributed by atoms with Gasteiger partial charge in [-0.1, -0.05) is 0 Å². The van der Waals surface area contributed by atoms with Gasteiger partial charge in [0, 0.05) is 25.7 Å². The van der Waals surface area contributed by atoms with Crippen LogP contribution < -0.4 is 0 Å². The Hall–Kier alpha value is -1.85. The Labute approximate surface area is 92.3 Å². The molecule has 1 aliphatic rings. The summed E-state index contributed by atoms with van der Waals surface area (Å²) < 4.78 is 0. The fourth-order valence-corrected chi connectivity index (χ4v) is 1.98. The fourth-order valence-electron chi connectivity index (χ4n) is 1.98. The number of carbonyl (C=O) groups is 2. The molecule has 1 amide bonds. The molecule has 0 radical (unpaired) electrons. The summed E-state index contributed by atoms with van der Waals surface area (Å²) in [6.45, 7) is 1.15. The molecule has 2 N–H and O–H groups in total. The molecule has 1 aromatic rings. The van der Waals surface area contributed by atoms with Crippen molar-refractivity contribution in [2.45, 2.75) is 12.8 Å². The number of hydrogen-bond donors (Lipinski definition) is 2. The first-order chi connectivity index (χ1) is 7.66. The quantitative estimate of drug-likeness (QED) is 0.774. The summed E-state index contributed by atoms with van der Waals surface area (Å²) in [5, 5.41) is 15.0. The average molecular weight is 223 g/mol. The Morgan fingerprint density at radius 1 is 1.62 bits per heavy atom. The maximum Gasteiger partial charge on any atom is 0.303 e. The minimum absolute atomic E-state index is 0.0772. The topological polar surface area (TPSA) is 86.3 Å². The van der Waals surface area contributed by atoms with E-state index in [0.717, 1.165) is 6.42 Å². The molecule has 0 aromatic carbocycles. The van der Waals surface area contributed by atoms with E-state index in [9.17, 15) is 9.59 Å². The van der Waals surface area contributed by atoms with Gasteiger partial charge in [-0.3, -0.25) is 14.7 Å². The molecule has 1 aliphatic heterocycles. The lowest BCUT2D eigenvalue weighted by atomic mass is 10.1. The molecule has 0 spiro atoms. The Balaban J connectivity index is 1.94. The molecule has 0 bridgehead atoms. The molecule has 1 fully saturated rings. The molecule has 2 heterocycles. The molecule has 6 heteroatoms. The SMILES string of the molecule is O=C(O)CC1CCN(C(=O)c2cn[nH]c2)C1. The van der Waals surface area contributed by atoms with E-state index in [2.05, 4.69) is 10.2 Å². The number of carbonyl (C=O) groups excluding carboxylic acids is 1. The Bertz CT molecular complexity index is 388. The Morgan fingerprint density at radius 3 is 3.06 bits per heavy atom. The third kappa shape index (κ3) is 2.21. The lowest BCUT2D eigenvalue weighted by Crippen LogP contribution is -2.28. The van der Waals surface area contributed by atoms with Crippen LogP contribution in [-0.4, -0.2) is 45.2 Å². The maximum atomic E-state index is 11.9. The van der Waals surface area contributed by atoms with Gasteiger partial charge in [-0.05, 0) is 12.3 Å². The lowest BCUT2D eigenvalue weighted by Gasteiger charge is -2.14. The third-order valence-corrected chi connectivity index (χ3v) is 2.78. The van der Waals surface area contributed by atoms with Crippen molar-refractivity contribution in [1.82, 2.24) is 15.1 Å². The molecular weight excluding hydrogens is 210 g/mol. The van der Waals surface area contributed by atoms with Crippen molar-refractivity contribution < 1.29 is 14.7 Å². The molecular formula is C10H13N3O3. The van der Waals surface area contributed by atoms with E-state index in [1.807, 2.05) is 0 Å². The van der Waals surface area contributed by atoms with Crippen LogP contribution in [-0.2, 0) is 4.79 Å². The van der Waals surface area contributed by atoms with Gasteiger partial charge in [-0.2, -0.15) is 5.10 Å². The number of nitrogens with zero attached hydrogens (tertiary/aromatic N) is 2. The summed E-state index contributed by atoms with van der Waals surface area (Å²) in [6, 6.07) is 0. The fraction of sp³-hybridized carbons (Fsp3) is 0.500. The zero-order valence-corrected chi connectivity index (χ0v) is 8.72. The molecule has 16 heavy (non-hydrogen) atoms. The first-order valence-corrected chi connectivity index (χ1v) is 5.16. The van der Waals surface area contributed by atoms with Crippen LogP contribution in [0.3, 0.4) is 0 Å². The Morgan fingerprint density at radius 2 is 2.44 bits per heavy atom. The van der Waals surface area contributed by atoms with Crippen LogP contribution in [0, 0.1) is 5.92 Å². The van der Waals surface area contributed by atoms with Crippen LogP contribution in [0.1, 0.15) is 23.2 Å². The molecule has 1 aromatic heterocycles. The minimum Gasteiger partial charge on any atom is -0.481 e. The van der Waals surface area contributed by atoms with E-state index in [1.165, 1.54) is 6.20 Å². The van der Waals surface area contributed by atoms with Gasteiger partial charge < -0.3 is 10.0 Å². The number of nitrogens with one attached hydrogen (secondary N) is 1. The second-order valence-electron chi connectivity index (χ2n) is 3.99. The smallest absolute Gasteiger partial charge is 0.303 e. The van der Waals surface area contributed by atoms with Crippen LogP contribution in [0.15, 0.2) is 12.4 Å². The minimum atomic E-state index is -0.803. The summed E-state index contributed by atoms with van der Waals surface area (Å²) in [4.78, 5) is 24.1. The zero-order chi connectivity index (χ0) is 11.5. The lowest BCUT2D eigenvalue weighted by molar-refractivity contribution is -0.138. The van der Waals surface area contributed by atoms with Gasteiger partial charge in [0.05, 0.1) is 11.8 Å². The number of aliphatic carboxylic acids is 1. The van der Waals surface area contributed by atoms with Crippen LogP contribution in [0.5, 0.6) is 0 Å². The predicted molar refractivity (Wildman–Crippen MR) is 54.9 cm³/mol. The molecule has 0 aliphatic carbocycles. The van der Waals surface area contributed by atoms with Crippen molar-refractivity contribution in [2.75, 3.05) is 13.1 Å². The van der Waals surface area contributed by atoms with Crippen molar-refractivity contribution in [2.24, 2.45) is 5.92 Å². The van der Waals surface area contributed by atoms with Gasteiger partial charge in [0.1, 0.15) is 0 Å². The number of H-pyrrole nitrogens is 1. The van der Waals surface area contributed by atoms with Gasteiger partial charge in [0.15, 0.2) is 0 Å². The standard InChI is InChI=1S/C10H13N3O3/c14-9(15)3-7-1-2-13(6-7)10(16)8-4-11-12-5-8/h4-5,7H,1-3,6H2,(H,11,12)(H,14,15). The van der Waals surface area contributed by atoms with E-state index in [-0.39, 0.29) is 18.2 Å². The second kappa shape index (κ2) is 4.34. The summed E-state index contributed by atoms with van der Waals surface area (Å²) in [5.74, 6) is -0.808. The summed E-state index contributed by atoms with van der Waals surface area (Å²) in [6.07, 6.45) is 3.92. The summed E-state index contributed by atoms with van der Waals surface area (Å²) >= 11 is 0. The Kier molecular flexibility index (Phi) is 2.89. The number of aromatic nitrogens is 2. The highest BCUT2D eigenvalue weighted by molar-refractivity contribution is 5.93. The number of amides is 1. The number of rotatable bonds is 3. The molecule has 1 atom stereocenters. The normalized spacial score (nSPS) is 20.0. The van der Waals surface area contributed by atoms with E-state index < -0.39 is 5.97 Å². The molecule has 1 unspecified atom stereocenters. The van der Waals surface area contributed by atoms with Crippen LogP contribution in [0.25, 0.3) is 0 Å². The first-order valence-electron chi connectivity index (χ1n) is 5.16. The zero-order valence-electron chi connectivity index (χ0n) is 8.72. The maximum absolute atomic E-state index is 11.9. The highest BCUT2D eigenvalue weighted by Gasteiger charge is 2.28. The number of aromatic amines is 1. The van der Waals surface area contributed by atoms with E-state index >= 15 is 0 Å². The van der Waals surface area contributed by atoms with Gasteiger partial charge in [0.2, 0.25) is 0 Å². The van der Waals surface area contributed by atoms with Crippen LogP contribution in [0.2, 0.25) is 0 Å². The van der Waals surface area contributed by atoms with Crippen LogP contribution in [0.4, 0.5) is 0 Å². The van der Waals surface area contributed by atoms with Crippen molar-refractivity contribution in [3.63, 3.8) is 0 Å². The molecule has 1 saturated heterocycles. The third-order valence-electron chi connectivity index (χ3n) is 2.78. The largest absolute Gasteiger partial charge is 0.481 e. The van der Waals surface area contributed by atoms with Crippen molar-refractivity contribution in [1.29, 1.82) is 0 Å². The van der Waals surface area contributed by atoms with Crippen LogP contribution >= 0.6 is 0 Å². The van der Waals surface area contributed by atoms with Crippen molar-refractivity contribution in [3.8, 4) is 0 Å². The number of likely N-dealkylation sites (tertiary alicyclic amines) is 1. The van der Waals surface area contributed by atoms with Gasteiger partial charge in [0.25, 0.3) is 5.91 Å². The highest BCUT2D eigenvalue weighted by Crippen LogP contribution is 2.21. The monoisotopic (exact) mass is 223 g/mol. The second-order valence-corrected chi connectivity index (χ2v) is 3.99. The predicted octanol–water partition coefficient (Wildman–Crippen LogP) is 0.346. The van der Waals surface area contributed by atoms with Crippen molar-refractivity contribution >= 4 is 11.9 Å². The van der Waals surface area contributed by atoms with E-state index in [0.29, 0.717) is 18.7 Å². The van der Waals surface area contributed by atoms with Crippen molar-refractivity contribution in [3.05, 3.63) is 18.0 Å². The molecule has 86 valence electrons. The van der Waals surface area contributed by atoms with Gasteiger partial charge in [-0.15, -0.1) is 0 Å². The summed E-state index contributed by atoms with van der Waals surface area (Å²) in [7, 11) is 0. The molecule has 6 nitrogen and oxygen atoms in total. The summed E-state index contributed by atoms with van der Waals surface area (Å²) in [5.41, 5.74) is 0.524. The van der Waals surface area contributed by atoms with Gasteiger partial charge in [-0.25, -0.2) is 0 Å².